The van der Waals surface area contributed by atoms with Crippen molar-refractivity contribution < 1.29 is 14.3 Å². The number of likely N-dealkylation sites (tertiary alicyclic amines) is 1. The van der Waals surface area contributed by atoms with E-state index in [1.165, 1.54) is 11.8 Å². The molecule has 5 nitrogen and oxygen atoms in total. The first kappa shape index (κ1) is 19.6. The molecule has 1 aliphatic rings. The van der Waals surface area contributed by atoms with Crippen LogP contribution < -0.4 is 5.32 Å². The lowest BCUT2D eigenvalue weighted by Crippen LogP contribution is -2.43. The fraction of sp³-hybridized carbons (Fsp3) is 0.579. The Hall–Kier alpha value is -1.69. The first-order valence-corrected chi connectivity index (χ1v) is 9.70. The van der Waals surface area contributed by atoms with Gasteiger partial charge in [0.25, 0.3) is 0 Å². The average Bonchev–Trinajstić information content (AvgIpc) is 2.52. The molecule has 0 spiro atoms. The Morgan fingerprint density at radius 1 is 1.28 bits per heavy atom. The van der Waals surface area contributed by atoms with E-state index in [0.717, 1.165) is 37.4 Å². The molecule has 6 heteroatoms. The maximum Gasteiger partial charge on any atom is 0.410 e. The molecule has 0 radical (unpaired) electrons. The van der Waals surface area contributed by atoms with Gasteiger partial charge >= 0.3 is 6.09 Å². The van der Waals surface area contributed by atoms with Crippen LogP contribution in [0.1, 0.15) is 40.5 Å². The molecule has 1 aromatic rings. The number of thioether (sulfide) groups is 1. The summed E-state index contributed by atoms with van der Waals surface area (Å²) >= 11 is 1.79. The minimum absolute atomic E-state index is 0.0650. The van der Waals surface area contributed by atoms with E-state index in [2.05, 4.69) is 5.32 Å². The fourth-order valence-electron chi connectivity index (χ4n) is 2.75. The Morgan fingerprint density at radius 2 is 1.96 bits per heavy atom. The van der Waals surface area contributed by atoms with Crippen LogP contribution in [0.4, 0.5) is 10.5 Å². The van der Waals surface area contributed by atoms with Crippen LogP contribution in [-0.2, 0) is 9.53 Å². The van der Waals surface area contributed by atoms with E-state index in [0.29, 0.717) is 5.92 Å². The Kier molecular flexibility index (Phi) is 6.76. The Morgan fingerprint density at radius 3 is 2.56 bits per heavy atom. The second kappa shape index (κ2) is 8.61. The second-order valence-electron chi connectivity index (χ2n) is 7.45. The first-order chi connectivity index (χ1) is 11.7. The number of hydrogen-bond acceptors (Lipinski definition) is 4. The highest BCUT2D eigenvalue weighted by Crippen LogP contribution is 2.27. The SMILES string of the molecule is CC(=O)Nc1ccc(SC[C@@H]2CCCN(C(=O)OC(C)(C)C)C2)cc1. The van der Waals surface area contributed by atoms with E-state index in [4.69, 9.17) is 4.74 Å². The number of amides is 2. The standard InChI is InChI=1S/C19H28N2O3S/c1-14(22)20-16-7-9-17(10-8-16)25-13-15-6-5-11-21(12-15)18(23)24-19(2,3)4/h7-10,15H,5-6,11-13H2,1-4H3,(H,20,22)/t15-/m1/s1. The van der Waals surface area contributed by atoms with Crippen molar-refractivity contribution in [1.29, 1.82) is 0 Å². The fourth-order valence-corrected chi connectivity index (χ4v) is 3.77. The minimum Gasteiger partial charge on any atom is -0.444 e. The molecule has 1 atom stereocenters. The quantitative estimate of drug-likeness (QED) is 0.805. The van der Waals surface area contributed by atoms with Crippen molar-refractivity contribution in [3.63, 3.8) is 0 Å². The number of carbonyl (C=O) groups is 2. The number of rotatable bonds is 4. The Bertz CT molecular complexity index is 596. The summed E-state index contributed by atoms with van der Waals surface area (Å²) in [6.45, 7) is 8.72. The van der Waals surface area contributed by atoms with Crippen LogP contribution in [0, 0.1) is 5.92 Å². The summed E-state index contributed by atoms with van der Waals surface area (Å²) in [5.41, 5.74) is 0.361. The number of nitrogens with zero attached hydrogens (tertiary/aromatic N) is 1. The number of ether oxygens (including phenoxy) is 1. The number of benzene rings is 1. The van der Waals surface area contributed by atoms with E-state index in [-0.39, 0.29) is 12.0 Å². The van der Waals surface area contributed by atoms with Gasteiger partial charge in [0.05, 0.1) is 0 Å². The van der Waals surface area contributed by atoms with Crippen LogP contribution in [0.25, 0.3) is 0 Å². The predicted molar refractivity (Wildman–Crippen MR) is 102 cm³/mol. The van der Waals surface area contributed by atoms with Gasteiger partial charge in [-0.25, -0.2) is 4.79 Å². The minimum atomic E-state index is -0.450. The third-order valence-electron chi connectivity index (χ3n) is 3.83. The molecule has 1 aromatic carbocycles. The van der Waals surface area contributed by atoms with Crippen molar-refractivity contribution in [2.24, 2.45) is 5.92 Å². The van der Waals surface area contributed by atoms with Crippen molar-refractivity contribution in [3.05, 3.63) is 24.3 Å². The van der Waals surface area contributed by atoms with Crippen LogP contribution in [0.5, 0.6) is 0 Å². The molecule has 138 valence electrons. The summed E-state index contributed by atoms with van der Waals surface area (Å²) < 4.78 is 5.48. The van der Waals surface area contributed by atoms with Crippen molar-refractivity contribution in [2.45, 2.75) is 51.0 Å². The zero-order valence-electron chi connectivity index (χ0n) is 15.5. The second-order valence-corrected chi connectivity index (χ2v) is 8.54. The number of anilines is 1. The van der Waals surface area contributed by atoms with Crippen LogP contribution >= 0.6 is 11.8 Å². The summed E-state index contributed by atoms with van der Waals surface area (Å²) in [6, 6.07) is 7.87. The molecule has 0 aromatic heterocycles. The third-order valence-corrected chi connectivity index (χ3v) is 5.07. The van der Waals surface area contributed by atoms with Gasteiger partial charge in [0.1, 0.15) is 5.60 Å². The van der Waals surface area contributed by atoms with E-state index >= 15 is 0 Å². The average molecular weight is 365 g/mol. The molecule has 0 aliphatic carbocycles. The van der Waals surface area contributed by atoms with Crippen LogP contribution in [-0.4, -0.2) is 41.3 Å². The molecule has 2 amide bonds. The van der Waals surface area contributed by atoms with Gasteiger partial charge < -0.3 is 15.0 Å². The lowest BCUT2D eigenvalue weighted by atomic mass is 10.0. The highest BCUT2D eigenvalue weighted by atomic mass is 32.2. The number of carbonyl (C=O) groups excluding carboxylic acids is 2. The van der Waals surface area contributed by atoms with E-state index < -0.39 is 5.60 Å². The lowest BCUT2D eigenvalue weighted by Gasteiger charge is -2.34. The van der Waals surface area contributed by atoms with Crippen molar-refractivity contribution in [1.82, 2.24) is 4.90 Å². The first-order valence-electron chi connectivity index (χ1n) is 8.71. The predicted octanol–water partition coefficient (Wildman–Crippen LogP) is 4.38. The summed E-state index contributed by atoms with van der Waals surface area (Å²) in [6.07, 6.45) is 1.95. The molecule has 0 unspecified atom stereocenters. The summed E-state index contributed by atoms with van der Waals surface area (Å²) in [4.78, 5) is 26.3. The molecule has 1 fully saturated rings. The van der Waals surface area contributed by atoms with Gasteiger partial charge in [-0.15, -0.1) is 11.8 Å². The van der Waals surface area contributed by atoms with Gasteiger partial charge in [-0.05, 0) is 63.8 Å². The van der Waals surface area contributed by atoms with Gasteiger partial charge in [-0.2, -0.15) is 0 Å². The Balaban J connectivity index is 1.82. The molecule has 1 saturated heterocycles. The van der Waals surface area contributed by atoms with Gasteiger partial charge in [0.2, 0.25) is 5.91 Å². The molecular formula is C19H28N2O3S. The molecule has 1 aliphatic heterocycles. The van der Waals surface area contributed by atoms with E-state index in [1.807, 2.05) is 49.9 Å². The highest BCUT2D eigenvalue weighted by molar-refractivity contribution is 7.99. The van der Waals surface area contributed by atoms with Gasteiger partial charge in [-0.1, -0.05) is 0 Å². The van der Waals surface area contributed by atoms with Crippen LogP contribution in [0.3, 0.4) is 0 Å². The summed E-state index contributed by atoms with van der Waals surface area (Å²) in [5.74, 6) is 1.38. The molecule has 2 rings (SSSR count). The number of piperidine rings is 1. The molecule has 25 heavy (non-hydrogen) atoms. The molecule has 1 heterocycles. The van der Waals surface area contributed by atoms with Gasteiger partial charge in [-0.3, -0.25) is 4.79 Å². The van der Waals surface area contributed by atoms with Crippen molar-refractivity contribution >= 4 is 29.4 Å². The third kappa shape index (κ3) is 6.98. The zero-order valence-corrected chi connectivity index (χ0v) is 16.3. The maximum atomic E-state index is 12.2. The molecular weight excluding hydrogens is 336 g/mol. The summed E-state index contributed by atoms with van der Waals surface area (Å²) in [5, 5.41) is 2.77. The normalized spacial score (nSPS) is 17.9. The van der Waals surface area contributed by atoms with Gasteiger partial charge in [0.15, 0.2) is 0 Å². The number of nitrogens with one attached hydrogen (secondary N) is 1. The largest absolute Gasteiger partial charge is 0.444 e. The molecule has 0 bridgehead atoms. The lowest BCUT2D eigenvalue weighted by molar-refractivity contribution is -0.114. The van der Waals surface area contributed by atoms with E-state index in [9.17, 15) is 9.59 Å². The molecule has 0 saturated carbocycles. The van der Waals surface area contributed by atoms with Crippen molar-refractivity contribution in [3.8, 4) is 0 Å². The maximum absolute atomic E-state index is 12.2. The number of hydrogen-bond donors (Lipinski definition) is 1. The molecule has 1 N–H and O–H groups in total. The highest BCUT2D eigenvalue weighted by Gasteiger charge is 2.27. The topological polar surface area (TPSA) is 58.6 Å². The Labute approximate surface area is 154 Å². The van der Waals surface area contributed by atoms with Crippen molar-refractivity contribution in [2.75, 3.05) is 24.2 Å². The summed E-state index contributed by atoms with van der Waals surface area (Å²) in [7, 11) is 0. The monoisotopic (exact) mass is 364 g/mol. The van der Waals surface area contributed by atoms with Crippen LogP contribution in [0.2, 0.25) is 0 Å². The van der Waals surface area contributed by atoms with Gasteiger partial charge in [0, 0.05) is 36.3 Å². The zero-order chi connectivity index (χ0) is 18.4. The smallest absolute Gasteiger partial charge is 0.410 e. The van der Waals surface area contributed by atoms with Crippen LogP contribution in [0.15, 0.2) is 29.2 Å². The van der Waals surface area contributed by atoms with E-state index in [1.54, 1.807) is 11.8 Å².